The molecule has 0 bridgehead atoms. The topological polar surface area (TPSA) is 84.9 Å². The largest absolute Gasteiger partial charge is 0.486 e. The van der Waals surface area contributed by atoms with Gasteiger partial charge in [-0.15, -0.1) is 0 Å². The Kier molecular flexibility index (Phi) is 5.50. The van der Waals surface area contributed by atoms with Crippen LogP contribution in [0.3, 0.4) is 0 Å². The predicted molar refractivity (Wildman–Crippen MR) is 98.1 cm³/mol. The number of ether oxygens (including phenoxy) is 2. The highest BCUT2D eigenvalue weighted by Crippen LogP contribution is 2.32. The van der Waals surface area contributed by atoms with Gasteiger partial charge in [-0.25, -0.2) is 13.1 Å². The molecular formula is C19H23NO5S. The van der Waals surface area contributed by atoms with Gasteiger partial charge in [-0.3, -0.25) is 0 Å². The number of rotatable bonds is 6. The Morgan fingerprint density at radius 2 is 1.62 bits per heavy atom. The van der Waals surface area contributed by atoms with Crippen LogP contribution in [-0.2, 0) is 10.0 Å². The quantitative estimate of drug-likeness (QED) is 0.808. The summed E-state index contributed by atoms with van der Waals surface area (Å²) in [6.45, 7) is 4.89. The Labute approximate surface area is 153 Å². The second-order valence-corrected chi connectivity index (χ2v) is 8.26. The summed E-state index contributed by atoms with van der Waals surface area (Å²) in [5.41, 5.74) is 1.83. The van der Waals surface area contributed by atoms with Crippen molar-refractivity contribution in [2.24, 2.45) is 0 Å². The number of hydrogen-bond acceptors (Lipinski definition) is 5. The molecule has 0 fully saturated rings. The molecule has 26 heavy (non-hydrogen) atoms. The van der Waals surface area contributed by atoms with Gasteiger partial charge in [0.15, 0.2) is 11.5 Å². The molecule has 1 aliphatic rings. The maximum Gasteiger partial charge on any atom is 0.240 e. The number of fused-ring (bicyclic) bond motifs is 1. The Hall–Kier alpha value is -2.09. The van der Waals surface area contributed by atoms with Crippen molar-refractivity contribution >= 4 is 10.0 Å². The minimum atomic E-state index is -3.76. The number of aliphatic hydroxyl groups excluding tert-OH is 1. The highest BCUT2D eigenvalue weighted by Gasteiger charge is 2.20. The van der Waals surface area contributed by atoms with Crippen LogP contribution in [0.25, 0.3) is 0 Å². The first kappa shape index (κ1) is 18.7. The van der Waals surface area contributed by atoms with Gasteiger partial charge in [0.25, 0.3) is 0 Å². The lowest BCUT2D eigenvalue weighted by Gasteiger charge is -2.19. The lowest BCUT2D eigenvalue weighted by atomic mass is 10.00. The number of aliphatic hydroxyl groups is 1. The highest BCUT2D eigenvalue weighted by atomic mass is 32.2. The zero-order valence-corrected chi connectivity index (χ0v) is 15.6. The normalized spacial score (nSPS) is 15.1. The Bertz CT molecular complexity index is 862. The molecule has 6 nitrogen and oxygen atoms in total. The number of sulfonamides is 1. The van der Waals surface area contributed by atoms with E-state index in [0.29, 0.717) is 36.2 Å². The van der Waals surface area contributed by atoms with Crippen LogP contribution >= 0.6 is 0 Å². The van der Waals surface area contributed by atoms with Crippen LogP contribution in [0.1, 0.15) is 37.0 Å². The maximum absolute atomic E-state index is 12.5. The summed E-state index contributed by atoms with van der Waals surface area (Å²) in [5, 5.41) is 10.3. The molecule has 0 radical (unpaired) electrons. The van der Waals surface area contributed by atoms with Crippen molar-refractivity contribution in [1.29, 1.82) is 0 Å². The summed E-state index contributed by atoms with van der Waals surface area (Å²) < 4.78 is 38.2. The molecule has 0 amide bonds. The molecule has 2 aromatic rings. The molecule has 3 rings (SSSR count). The molecule has 7 heteroatoms. The van der Waals surface area contributed by atoms with Gasteiger partial charge in [-0.05, 0) is 29.2 Å². The zero-order valence-electron chi connectivity index (χ0n) is 14.8. The summed E-state index contributed by atoms with van der Waals surface area (Å²) in [7, 11) is -3.76. The van der Waals surface area contributed by atoms with Gasteiger partial charge < -0.3 is 14.6 Å². The van der Waals surface area contributed by atoms with E-state index in [2.05, 4.69) is 18.6 Å². The van der Waals surface area contributed by atoms with Crippen LogP contribution in [0, 0.1) is 0 Å². The molecule has 2 aromatic carbocycles. The molecular weight excluding hydrogens is 354 g/mol. The second kappa shape index (κ2) is 7.65. The van der Waals surface area contributed by atoms with Crippen LogP contribution in [0.15, 0.2) is 47.4 Å². The standard InChI is InChI=1S/C19H23NO5S/c1-13(2)14-3-5-15(6-4-14)17(21)12-20-26(22,23)16-7-8-18-19(11-16)25-10-9-24-18/h3-8,11,13,17,20-21H,9-10,12H2,1-2H3. The van der Waals surface area contributed by atoms with Gasteiger partial charge in [0, 0.05) is 12.6 Å². The van der Waals surface area contributed by atoms with E-state index in [9.17, 15) is 13.5 Å². The molecule has 2 N–H and O–H groups in total. The zero-order chi connectivity index (χ0) is 18.7. The molecule has 0 aliphatic carbocycles. The summed E-state index contributed by atoms with van der Waals surface area (Å²) in [6.07, 6.45) is -0.928. The van der Waals surface area contributed by atoms with E-state index in [1.165, 1.54) is 12.1 Å². The Balaban J connectivity index is 1.67. The fourth-order valence-corrected chi connectivity index (χ4v) is 3.74. The van der Waals surface area contributed by atoms with E-state index in [1.807, 2.05) is 24.3 Å². The third-order valence-corrected chi connectivity index (χ3v) is 5.70. The van der Waals surface area contributed by atoms with Gasteiger partial charge in [0.1, 0.15) is 13.2 Å². The van der Waals surface area contributed by atoms with Gasteiger partial charge in [0.2, 0.25) is 10.0 Å². The van der Waals surface area contributed by atoms with E-state index >= 15 is 0 Å². The minimum Gasteiger partial charge on any atom is -0.486 e. The number of nitrogens with one attached hydrogen (secondary N) is 1. The number of benzene rings is 2. The van der Waals surface area contributed by atoms with Crippen LogP contribution in [0.2, 0.25) is 0 Å². The molecule has 1 heterocycles. The van der Waals surface area contributed by atoms with Crippen LogP contribution in [0.4, 0.5) is 0 Å². The monoisotopic (exact) mass is 377 g/mol. The van der Waals surface area contributed by atoms with Crippen LogP contribution < -0.4 is 14.2 Å². The van der Waals surface area contributed by atoms with E-state index in [4.69, 9.17) is 9.47 Å². The van der Waals surface area contributed by atoms with E-state index in [-0.39, 0.29) is 11.4 Å². The number of hydrogen-bond donors (Lipinski definition) is 2. The van der Waals surface area contributed by atoms with Crippen molar-refractivity contribution in [3.63, 3.8) is 0 Å². The van der Waals surface area contributed by atoms with Gasteiger partial charge in [0.05, 0.1) is 11.0 Å². The first-order valence-corrected chi connectivity index (χ1v) is 10.0. The van der Waals surface area contributed by atoms with Crippen molar-refractivity contribution in [1.82, 2.24) is 4.72 Å². The molecule has 0 spiro atoms. The van der Waals surface area contributed by atoms with Crippen LogP contribution in [-0.4, -0.2) is 33.3 Å². The average molecular weight is 377 g/mol. The summed E-state index contributed by atoms with van der Waals surface area (Å²) in [5.74, 6) is 1.33. The van der Waals surface area contributed by atoms with Crippen molar-refractivity contribution in [2.75, 3.05) is 19.8 Å². The van der Waals surface area contributed by atoms with Crippen LogP contribution in [0.5, 0.6) is 11.5 Å². The minimum absolute atomic E-state index is 0.0732. The summed E-state index contributed by atoms with van der Waals surface area (Å²) in [6, 6.07) is 12.0. The first-order valence-electron chi connectivity index (χ1n) is 8.54. The van der Waals surface area contributed by atoms with E-state index in [0.717, 1.165) is 5.56 Å². The molecule has 0 saturated heterocycles. The average Bonchev–Trinajstić information content (AvgIpc) is 2.65. The SMILES string of the molecule is CC(C)c1ccc(C(O)CNS(=O)(=O)c2ccc3c(c2)OCCO3)cc1. The van der Waals surface area contributed by atoms with Gasteiger partial charge >= 0.3 is 0 Å². The van der Waals surface area contributed by atoms with Crippen molar-refractivity contribution in [2.45, 2.75) is 30.8 Å². The van der Waals surface area contributed by atoms with Crippen molar-refractivity contribution in [3.05, 3.63) is 53.6 Å². The molecule has 140 valence electrons. The molecule has 1 aliphatic heterocycles. The Morgan fingerprint density at radius 1 is 1.00 bits per heavy atom. The van der Waals surface area contributed by atoms with Gasteiger partial charge in [-0.1, -0.05) is 38.1 Å². The lowest BCUT2D eigenvalue weighted by molar-refractivity contribution is 0.171. The highest BCUT2D eigenvalue weighted by molar-refractivity contribution is 7.89. The molecule has 0 aromatic heterocycles. The molecule has 1 atom stereocenters. The summed E-state index contributed by atoms with van der Waals surface area (Å²) >= 11 is 0. The third kappa shape index (κ3) is 4.17. The molecule has 1 unspecified atom stereocenters. The van der Waals surface area contributed by atoms with E-state index < -0.39 is 16.1 Å². The van der Waals surface area contributed by atoms with Crippen molar-refractivity contribution in [3.8, 4) is 11.5 Å². The van der Waals surface area contributed by atoms with Gasteiger partial charge in [-0.2, -0.15) is 0 Å². The lowest BCUT2D eigenvalue weighted by Crippen LogP contribution is -2.28. The second-order valence-electron chi connectivity index (χ2n) is 6.49. The smallest absolute Gasteiger partial charge is 0.240 e. The Morgan fingerprint density at radius 3 is 2.27 bits per heavy atom. The fraction of sp³-hybridized carbons (Fsp3) is 0.368. The predicted octanol–water partition coefficient (Wildman–Crippen LogP) is 2.59. The van der Waals surface area contributed by atoms with Crippen molar-refractivity contribution < 1.29 is 23.0 Å². The first-order chi connectivity index (χ1) is 12.4. The third-order valence-electron chi connectivity index (χ3n) is 4.28. The molecule has 0 saturated carbocycles. The summed E-state index contributed by atoms with van der Waals surface area (Å²) in [4.78, 5) is 0.0732. The maximum atomic E-state index is 12.5. The fourth-order valence-electron chi connectivity index (χ4n) is 2.68. The van der Waals surface area contributed by atoms with E-state index in [1.54, 1.807) is 6.07 Å².